The fraction of sp³-hybridized carbons (Fsp3) is 0.333. The first-order valence-corrected chi connectivity index (χ1v) is 13.5. The smallest absolute Gasteiger partial charge is 0.144 e. The summed E-state index contributed by atoms with van der Waals surface area (Å²) in [6.45, 7) is 10.2. The molecular formula is C30H32N4S. The average molecular weight is 481 g/mol. The summed E-state index contributed by atoms with van der Waals surface area (Å²) in [6, 6.07) is 19.4. The van der Waals surface area contributed by atoms with Crippen LogP contribution in [0, 0.1) is 13.8 Å². The molecular weight excluding hydrogens is 448 g/mol. The summed E-state index contributed by atoms with van der Waals surface area (Å²) in [7, 11) is 0. The normalized spacial score (nSPS) is 16.5. The van der Waals surface area contributed by atoms with Crippen LogP contribution < -0.4 is 5.32 Å². The molecule has 4 aromatic rings. The molecule has 1 N–H and O–H groups in total. The predicted octanol–water partition coefficient (Wildman–Crippen LogP) is 6.02. The maximum atomic E-state index is 5.06. The fourth-order valence-electron chi connectivity index (χ4n) is 5.12. The molecule has 0 unspecified atom stereocenters. The molecule has 1 fully saturated rings. The van der Waals surface area contributed by atoms with Crippen LogP contribution in [0.15, 0.2) is 66.7 Å². The topological polar surface area (TPSA) is 41.1 Å². The van der Waals surface area contributed by atoms with Gasteiger partial charge in [0.1, 0.15) is 15.4 Å². The Kier molecular flexibility index (Phi) is 6.01. The zero-order valence-electron chi connectivity index (χ0n) is 20.6. The van der Waals surface area contributed by atoms with Crippen molar-refractivity contribution in [2.75, 3.05) is 26.2 Å². The molecule has 2 aromatic carbocycles. The minimum atomic E-state index is -0.156. The van der Waals surface area contributed by atoms with Crippen LogP contribution in [0.1, 0.15) is 40.8 Å². The van der Waals surface area contributed by atoms with Gasteiger partial charge < -0.3 is 10.2 Å². The van der Waals surface area contributed by atoms with Gasteiger partial charge in [-0.1, -0.05) is 53.8 Å². The molecule has 1 aliphatic carbocycles. The second kappa shape index (κ2) is 9.30. The number of nitrogens with one attached hydrogen (secondary N) is 1. The third kappa shape index (κ3) is 4.44. The number of nitrogens with zero attached hydrogens (tertiary/aromatic N) is 3. The van der Waals surface area contributed by atoms with Crippen molar-refractivity contribution in [2.45, 2.75) is 38.6 Å². The lowest BCUT2D eigenvalue weighted by molar-refractivity contribution is 0.179. The molecule has 1 saturated heterocycles. The molecule has 2 aliphatic rings. The fourth-order valence-corrected chi connectivity index (χ4v) is 6.05. The average Bonchev–Trinajstić information content (AvgIpc) is 3.54. The van der Waals surface area contributed by atoms with E-state index in [0.717, 1.165) is 34.1 Å². The second-order valence-corrected chi connectivity index (χ2v) is 10.9. The van der Waals surface area contributed by atoms with Crippen molar-refractivity contribution in [1.29, 1.82) is 0 Å². The maximum absolute atomic E-state index is 5.06. The lowest BCUT2D eigenvalue weighted by atomic mass is 9.89. The Bertz CT molecular complexity index is 1360. The lowest BCUT2D eigenvalue weighted by Crippen LogP contribution is -2.38. The van der Waals surface area contributed by atoms with E-state index in [1.165, 1.54) is 60.3 Å². The van der Waals surface area contributed by atoms with Gasteiger partial charge in [-0.3, -0.25) is 0 Å². The Morgan fingerprint density at radius 3 is 2.43 bits per heavy atom. The Morgan fingerprint density at radius 2 is 1.74 bits per heavy atom. The van der Waals surface area contributed by atoms with Gasteiger partial charge in [0, 0.05) is 12.1 Å². The SMILES string of the molecule is Cc1cc(-c2nc3ccc(C4(c5ccccc5)C=C4)nc3s2)cc(C)c1CNCCCN1CCC1. The van der Waals surface area contributed by atoms with Gasteiger partial charge in [0.15, 0.2) is 0 Å². The number of aryl methyl sites for hydroxylation is 2. The zero-order chi connectivity index (χ0) is 23.8. The van der Waals surface area contributed by atoms with Gasteiger partial charge in [0.05, 0.1) is 11.1 Å². The lowest BCUT2D eigenvalue weighted by Gasteiger charge is -2.30. The third-order valence-corrected chi connectivity index (χ3v) is 8.47. The van der Waals surface area contributed by atoms with Gasteiger partial charge in [-0.2, -0.15) is 0 Å². The van der Waals surface area contributed by atoms with Crippen molar-refractivity contribution in [3.63, 3.8) is 0 Å². The van der Waals surface area contributed by atoms with Crippen LogP contribution in [-0.4, -0.2) is 41.0 Å². The van der Waals surface area contributed by atoms with E-state index in [1.54, 1.807) is 11.3 Å². The van der Waals surface area contributed by atoms with Crippen molar-refractivity contribution >= 4 is 21.7 Å². The molecule has 3 heterocycles. The molecule has 0 saturated carbocycles. The Balaban J connectivity index is 1.19. The summed E-state index contributed by atoms with van der Waals surface area (Å²) >= 11 is 1.69. The summed E-state index contributed by atoms with van der Waals surface area (Å²) < 4.78 is 0. The number of hydrogen-bond donors (Lipinski definition) is 1. The van der Waals surface area contributed by atoms with Crippen LogP contribution in [0.5, 0.6) is 0 Å². The quantitative estimate of drug-likeness (QED) is 0.235. The van der Waals surface area contributed by atoms with Gasteiger partial charge in [-0.05, 0) is 99.4 Å². The summed E-state index contributed by atoms with van der Waals surface area (Å²) in [5, 5.41) is 4.70. The maximum Gasteiger partial charge on any atom is 0.144 e. The molecule has 1 aliphatic heterocycles. The second-order valence-electron chi connectivity index (χ2n) is 9.92. The monoisotopic (exact) mass is 480 g/mol. The molecule has 178 valence electrons. The molecule has 0 spiro atoms. The van der Waals surface area contributed by atoms with Crippen LogP contribution in [0.3, 0.4) is 0 Å². The van der Waals surface area contributed by atoms with E-state index in [-0.39, 0.29) is 5.41 Å². The molecule has 4 nitrogen and oxygen atoms in total. The molecule has 5 heteroatoms. The summed E-state index contributed by atoms with van der Waals surface area (Å²) in [6.07, 6.45) is 7.07. The number of benzene rings is 2. The summed E-state index contributed by atoms with van der Waals surface area (Å²) in [4.78, 5) is 13.5. The Morgan fingerprint density at radius 1 is 0.971 bits per heavy atom. The van der Waals surface area contributed by atoms with Crippen molar-refractivity contribution in [3.05, 3.63) is 94.7 Å². The number of rotatable bonds is 9. The number of thiazole rings is 1. The number of aromatic nitrogens is 2. The number of fused-ring (bicyclic) bond motifs is 1. The number of hydrogen-bond acceptors (Lipinski definition) is 5. The number of pyridine rings is 1. The molecule has 0 bridgehead atoms. The zero-order valence-corrected chi connectivity index (χ0v) is 21.4. The van der Waals surface area contributed by atoms with E-state index < -0.39 is 0 Å². The number of likely N-dealkylation sites (tertiary alicyclic amines) is 1. The van der Waals surface area contributed by atoms with Crippen molar-refractivity contribution in [2.24, 2.45) is 0 Å². The van der Waals surface area contributed by atoms with Crippen LogP contribution >= 0.6 is 11.3 Å². The van der Waals surface area contributed by atoms with Gasteiger partial charge in [0.2, 0.25) is 0 Å². The Labute approximate surface area is 211 Å². The van der Waals surface area contributed by atoms with E-state index in [9.17, 15) is 0 Å². The first-order valence-electron chi connectivity index (χ1n) is 12.7. The van der Waals surface area contributed by atoms with E-state index >= 15 is 0 Å². The highest BCUT2D eigenvalue weighted by Gasteiger charge is 2.39. The third-order valence-electron chi connectivity index (χ3n) is 7.45. The largest absolute Gasteiger partial charge is 0.313 e. The van der Waals surface area contributed by atoms with Gasteiger partial charge in [-0.25, -0.2) is 9.97 Å². The van der Waals surface area contributed by atoms with Crippen molar-refractivity contribution in [3.8, 4) is 10.6 Å². The van der Waals surface area contributed by atoms with Gasteiger partial charge in [0.25, 0.3) is 0 Å². The van der Waals surface area contributed by atoms with Gasteiger partial charge >= 0.3 is 0 Å². The predicted molar refractivity (Wildman–Crippen MR) is 146 cm³/mol. The number of allylic oxidation sites excluding steroid dienone is 2. The molecule has 2 aromatic heterocycles. The van der Waals surface area contributed by atoms with Crippen molar-refractivity contribution < 1.29 is 0 Å². The van der Waals surface area contributed by atoms with Crippen LogP contribution in [-0.2, 0) is 12.0 Å². The van der Waals surface area contributed by atoms with E-state index in [1.807, 2.05) is 0 Å². The summed E-state index contributed by atoms with van der Waals surface area (Å²) in [5.74, 6) is 0. The standard InChI is InChI=1S/C30H32N4S/c1-21-18-23(19-22(2)25(21)20-31-14-6-15-34-16-7-17-34)28-32-26-10-11-27(33-29(26)35-28)30(12-13-30)24-8-4-3-5-9-24/h3-5,8-13,18-19,31H,6-7,14-17,20H2,1-2H3. The van der Waals surface area contributed by atoms with Crippen LogP contribution in [0.2, 0.25) is 0 Å². The van der Waals surface area contributed by atoms with Crippen molar-refractivity contribution in [1.82, 2.24) is 20.2 Å². The molecule has 35 heavy (non-hydrogen) atoms. The minimum Gasteiger partial charge on any atom is -0.313 e. The minimum absolute atomic E-state index is 0.156. The van der Waals surface area contributed by atoms with Gasteiger partial charge in [-0.15, -0.1) is 0 Å². The van der Waals surface area contributed by atoms with Crippen LogP contribution in [0.25, 0.3) is 20.9 Å². The highest BCUT2D eigenvalue weighted by molar-refractivity contribution is 7.21. The highest BCUT2D eigenvalue weighted by atomic mass is 32.1. The van der Waals surface area contributed by atoms with E-state index in [2.05, 4.69) is 90.8 Å². The molecule has 0 radical (unpaired) electrons. The van der Waals surface area contributed by atoms with E-state index in [0.29, 0.717) is 0 Å². The highest BCUT2D eigenvalue weighted by Crippen LogP contribution is 2.45. The first kappa shape index (κ1) is 22.6. The van der Waals surface area contributed by atoms with Crippen LogP contribution in [0.4, 0.5) is 0 Å². The summed E-state index contributed by atoms with van der Waals surface area (Å²) in [5.41, 5.74) is 8.41. The first-order chi connectivity index (χ1) is 17.1. The van der Waals surface area contributed by atoms with E-state index in [4.69, 9.17) is 9.97 Å². The molecule has 0 amide bonds. The molecule has 0 atom stereocenters. The molecule has 6 rings (SSSR count). The Hall–Kier alpha value is -2.86.